The van der Waals surface area contributed by atoms with Gasteiger partial charge in [-0.1, -0.05) is 30.3 Å². The molecule has 1 atom stereocenters. The number of piperazine rings is 1. The summed E-state index contributed by atoms with van der Waals surface area (Å²) in [7, 11) is 0. The van der Waals surface area contributed by atoms with Gasteiger partial charge in [0, 0.05) is 25.2 Å². The Morgan fingerprint density at radius 1 is 1.18 bits per heavy atom. The van der Waals surface area contributed by atoms with Crippen LogP contribution in [0, 0.1) is 0 Å². The van der Waals surface area contributed by atoms with E-state index in [1.54, 1.807) is 0 Å². The number of ether oxygens (including phenoxy) is 1. The van der Waals surface area contributed by atoms with Crippen molar-refractivity contribution in [2.45, 2.75) is 32.4 Å². The largest absolute Gasteiger partial charge is 0.444 e. The molecule has 3 aromatic rings. The van der Waals surface area contributed by atoms with E-state index < -0.39 is 5.60 Å². The lowest BCUT2D eigenvalue weighted by Gasteiger charge is -2.37. The van der Waals surface area contributed by atoms with Crippen LogP contribution in [0.15, 0.2) is 48.5 Å². The van der Waals surface area contributed by atoms with Gasteiger partial charge >= 0.3 is 6.09 Å². The molecule has 2 N–H and O–H groups in total. The summed E-state index contributed by atoms with van der Waals surface area (Å²) in [6, 6.07) is 16.1. The third kappa shape index (κ3) is 3.87. The lowest BCUT2D eigenvalue weighted by Crippen LogP contribution is -2.50. The van der Waals surface area contributed by atoms with Crippen LogP contribution in [0.4, 0.5) is 4.79 Å². The van der Waals surface area contributed by atoms with Gasteiger partial charge in [-0.25, -0.2) is 9.78 Å². The van der Waals surface area contributed by atoms with Gasteiger partial charge in [-0.15, -0.1) is 0 Å². The maximum atomic E-state index is 12.7. The number of nitrogens with one attached hydrogen (secondary N) is 2. The summed E-state index contributed by atoms with van der Waals surface area (Å²) in [5.41, 5.74) is 3.51. The van der Waals surface area contributed by atoms with Crippen LogP contribution in [0.2, 0.25) is 0 Å². The molecule has 1 aliphatic heterocycles. The van der Waals surface area contributed by atoms with Gasteiger partial charge in [-0.05, 0) is 44.5 Å². The zero-order chi connectivity index (χ0) is 19.7. The first kappa shape index (κ1) is 18.5. The van der Waals surface area contributed by atoms with E-state index in [9.17, 15) is 4.79 Å². The molecular weight excluding hydrogens is 352 g/mol. The molecule has 1 aliphatic rings. The van der Waals surface area contributed by atoms with Crippen molar-refractivity contribution in [3.8, 4) is 11.4 Å². The first-order valence-corrected chi connectivity index (χ1v) is 9.66. The first-order chi connectivity index (χ1) is 13.4. The second kappa shape index (κ2) is 7.28. The topological polar surface area (TPSA) is 70.2 Å². The number of carbonyl (C=O) groups excluding carboxylic acids is 1. The molecule has 1 aromatic heterocycles. The van der Waals surface area contributed by atoms with Crippen LogP contribution in [0.3, 0.4) is 0 Å². The molecular formula is C22H26N4O2. The SMILES string of the molecule is CC(C)(C)OC(=O)N1CCNCC1c1cccc(-c2nc3ccccc3[nH]2)c1. The molecule has 0 spiro atoms. The molecule has 1 saturated heterocycles. The molecule has 2 aromatic carbocycles. The molecule has 0 radical (unpaired) electrons. The van der Waals surface area contributed by atoms with Crippen molar-refractivity contribution in [3.63, 3.8) is 0 Å². The normalized spacial score (nSPS) is 17.7. The van der Waals surface area contributed by atoms with Crippen LogP contribution in [-0.4, -0.2) is 46.2 Å². The Morgan fingerprint density at radius 3 is 2.79 bits per heavy atom. The third-order valence-electron chi connectivity index (χ3n) is 4.81. The van der Waals surface area contributed by atoms with E-state index >= 15 is 0 Å². The van der Waals surface area contributed by atoms with E-state index in [0.717, 1.165) is 34.5 Å². The van der Waals surface area contributed by atoms with Gasteiger partial charge in [0.25, 0.3) is 0 Å². The van der Waals surface area contributed by atoms with Crippen LogP contribution in [0.1, 0.15) is 32.4 Å². The number of fused-ring (bicyclic) bond motifs is 1. The minimum Gasteiger partial charge on any atom is -0.444 e. The molecule has 1 amide bonds. The Bertz CT molecular complexity index is 956. The average Bonchev–Trinajstić information content (AvgIpc) is 3.11. The smallest absolute Gasteiger partial charge is 0.410 e. The van der Waals surface area contributed by atoms with Crippen molar-refractivity contribution in [1.82, 2.24) is 20.2 Å². The number of carbonyl (C=O) groups is 1. The van der Waals surface area contributed by atoms with Crippen molar-refractivity contribution in [2.24, 2.45) is 0 Å². The predicted molar refractivity (Wildman–Crippen MR) is 110 cm³/mol. The summed E-state index contributed by atoms with van der Waals surface area (Å²) in [6.45, 7) is 7.76. The van der Waals surface area contributed by atoms with Crippen LogP contribution in [-0.2, 0) is 4.74 Å². The number of para-hydroxylation sites is 2. The molecule has 6 nitrogen and oxygen atoms in total. The highest BCUT2D eigenvalue weighted by atomic mass is 16.6. The molecule has 1 fully saturated rings. The Labute approximate surface area is 164 Å². The number of benzene rings is 2. The summed E-state index contributed by atoms with van der Waals surface area (Å²) < 4.78 is 5.62. The van der Waals surface area contributed by atoms with Gasteiger partial charge in [0.05, 0.1) is 17.1 Å². The van der Waals surface area contributed by atoms with Crippen LogP contribution in [0.5, 0.6) is 0 Å². The highest BCUT2D eigenvalue weighted by Gasteiger charge is 2.31. The number of aromatic amines is 1. The highest BCUT2D eigenvalue weighted by molar-refractivity contribution is 5.79. The summed E-state index contributed by atoms with van der Waals surface area (Å²) in [5.74, 6) is 0.829. The Kier molecular flexibility index (Phi) is 4.81. The fourth-order valence-corrected chi connectivity index (χ4v) is 3.52. The van der Waals surface area contributed by atoms with E-state index in [0.29, 0.717) is 13.1 Å². The van der Waals surface area contributed by atoms with Crippen LogP contribution in [0.25, 0.3) is 22.4 Å². The monoisotopic (exact) mass is 378 g/mol. The molecule has 1 unspecified atom stereocenters. The predicted octanol–water partition coefficient (Wildman–Crippen LogP) is 4.11. The number of amides is 1. The van der Waals surface area contributed by atoms with Gasteiger partial charge in [-0.3, -0.25) is 4.90 Å². The fraction of sp³-hybridized carbons (Fsp3) is 0.364. The van der Waals surface area contributed by atoms with Crippen molar-refractivity contribution >= 4 is 17.1 Å². The number of hydrogen-bond donors (Lipinski definition) is 2. The van der Waals surface area contributed by atoms with E-state index in [1.165, 1.54) is 0 Å². The van der Waals surface area contributed by atoms with E-state index in [2.05, 4.69) is 22.4 Å². The first-order valence-electron chi connectivity index (χ1n) is 9.66. The number of nitrogens with zero attached hydrogens (tertiary/aromatic N) is 2. The zero-order valence-corrected chi connectivity index (χ0v) is 16.5. The summed E-state index contributed by atoms with van der Waals surface area (Å²) in [5, 5.41) is 3.39. The molecule has 146 valence electrons. The van der Waals surface area contributed by atoms with Crippen molar-refractivity contribution in [3.05, 3.63) is 54.1 Å². The zero-order valence-electron chi connectivity index (χ0n) is 16.5. The van der Waals surface area contributed by atoms with Gasteiger partial charge in [-0.2, -0.15) is 0 Å². The number of hydrogen-bond acceptors (Lipinski definition) is 4. The highest BCUT2D eigenvalue weighted by Crippen LogP contribution is 2.28. The van der Waals surface area contributed by atoms with Crippen LogP contribution < -0.4 is 5.32 Å². The van der Waals surface area contributed by atoms with Gasteiger partial charge in [0.1, 0.15) is 11.4 Å². The second-order valence-electron chi connectivity index (χ2n) is 8.12. The third-order valence-corrected chi connectivity index (χ3v) is 4.81. The summed E-state index contributed by atoms with van der Waals surface area (Å²) in [6.07, 6.45) is -0.270. The number of imidazole rings is 1. The fourth-order valence-electron chi connectivity index (χ4n) is 3.52. The number of H-pyrrole nitrogens is 1. The van der Waals surface area contributed by atoms with Crippen molar-refractivity contribution < 1.29 is 9.53 Å². The Morgan fingerprint density at radius 2 is 2.00 bits per heavy atom. The van der Waals surface area contributed by atoms with Gasteiger partial charge in [0.15, 0.2) is 0 Å². The molecule has 28 heavy (non-hydrogen) atoms. The quantitative estimate of drug-likeness (QED) is 0.704. The lowest BCUT2D eigenvalue weighted by molar-refractivity contribution is 0.0118. The van der Waals surface area contributed by atoms with E-state index in [-0.39, 0.29) is 12.1 Å². The Balaban J connectivity index is 1.64. The van der Waals surface area contributed by atoms with Gasteiger partial charge < -0.3 is 15.0 Å². The molecule has 4 rings (SSSR count). The van der Waals surface area contributed by atoms with Crippen LogP contribution >= 0.6 is 0 Å². The maximum absolute atomic E-state index is 12.7. The van der Waals surface area contributed by atoms with E-state index in [4.69, 9.17) is 9.72 Å². The second-order valence-corrected chi connectivity index (χ2v) is 8.12. The van der Waals surface area contributed by atoms with Crippen molar-refractivity contribution in [1.29, 1.82) is 0 Å². The standard InChI is InChI=1S/C22H26N4O2/c1-22(2,3)28-21(27)26-12-11-23-14-19(26)15-7-6-8-16(13-15)20-24-17-9-4-5-10-18(17)25-20/h4-10,13,19,23H,11-12,14H2,1-3H3,(H,24,25). The molecule has 0 saturated carbocycles. The molecule has 0 aliphatic carbocycles. The molecule has 6 heteroatoms. The minimum absolute atomic E-state index is 0.0760. The minimum atomic E-state index is -0.511. The van der Waals surface area contributed by atoms with Crippen molar-refractivity contribution in [2.75, 3.05) is 19.6 Å². The molecule has 0 bridgehead atoms. The lowest BCUT2D eigenvalue weighted by atomic mass is 10.0. The summed E-state index contributed by atoms with van der Waals surface area (Å²) >= 11 is 0. The number of rotatable bonds is 2. The Hall–Kier alpha value is -2.86. The maximum Gasteiger partial charge on any atom is 0.410 e. The average molecular weight is 378 g/mol. The summed E-state index contributed by atoms with van der Waals surface area (Å²) in [4.78, 5) is 22.6. The molecule has 2 heterocycles. The van der Waals surface area contributed by atoms with Gasteiger partial charge in [0.2, 0.25) is 0 Å². The van der Waals surface area contributed by atoms with E-state index in [1.807, 2.05) is 62.1 Å². The number of aromatic nitrogens is 2.